The molecule has 5 nitrogen and oxygen atoms in total. The number of ether oxygens (including phenoxy) is 1. The third-order valence-corrected chi connectivity index (χ3v) is 3.85. The average Bonchev–Trinajstić information content (AvgIpc) is 2.92. The van der Waals surface area contributed by atoms with Gasteiger partial charge in [0.05, 0.1) is 12.8 Å². The third-order valence-electron chi connectivity index (χ3n) is 3.85. The summed E-state index contributed by atoms with van der Waals surface area (Å²) in [6.45, 7) is 4.21. The van der Waals surface area contributed by atoms with E-state index in [9.17, 15) is 4.79 Å². The SMILES string of the molecule is COC(=O)C1(Cc2ccccc2)CC(C(N)CC(C)C)=NO1.Cl. The Labute approximate surface area is 143 Å². The van der Waals surface area contributed by atoms with E-state index in [1.54, 1.807) is 0 Å². The Balaban J connectivity index is 0.00000264. The van der Waals surface area contributed by atoms with Crippen molar-refractivity contribution in [1.29, 1.82) is 0 Å². The zero-order chi connectivity index (χ0) is 16.2. The van der Waals surface area contributed by atoms with Crippen LogP contribution in [0.3, 0.4) is 0 Å². The van der Waals surface area contributed by atoms with Crippen LogP contribution in [0, 0.1) is 5.92 Å². The lowest BCUT2D eigenvalue weighted by molar-refractivity contribution is -0.166. The van der Waals surface area contributed by atoms with Crippen LogP contribution in [0.4, 0.5) is 0 Å². The van der Waals surface area contributed by atoms with Gasteiger partial charge in [-0.05, 0) is 17.9 Å². The predicted octanol–water partition coefficient (Wildman–Crippen LogP) is 2.71. The first-order valence-corrected chi connectivity index (χ1v) is 7.59. The van der Waals surface area contributed by atoms with Crippen molar-refractivity contribution in [2.75, 3.05) is 7.11 Å². The Bertz CT molecular complexity index is 548. The number of hydrogen-bond acceptors (Lipinski definition) is 5. The highest BCUT2D eigenvalue weighted by Crippen LogP contribution is 2.31. The van der Waals surface area contributed by atoms with Crippen LogP contribution in [-0.4, -0.2) is 30.4 Å². The minimum Gasteiger partial charge on any atom is -0.466 e. The number of nitrogens with zero attached hydrogens (tertiary/aromatic N) is 1. The third kappa shape index (κ3) is 4.69. The van der Waals surface area contributed by atoms with Crippen LogP contribution in [0.25, 0.3) is 0 Å². The van der Waals surface area contributed by atoms with Crippen molar-refractivity contribution in [2.45, 2.75) is 44.8 Å². The molecule has 0 amide bonds. The number of halogens is 1. The summed E-state index contributed by atoms with van der Waals surface area (Å²) < 4.78 is 4.94. The molecule has 1 aromatic carbocycles. The first-order chi connectivity index (χ1) is 10.5. The van der Waals surface area contributed by atoms with Gasteiger partial charge in [-0.2, -0.15) is 0 Å². The fourth-order valence-electron chi connectivity index (χ4n) is 2.73. The molecular formula is C17H25ClN2O3. The van der Waals surface area contributed by atoms with Gasteiger partial charge in [-0.15, -0.1) is 12.4 Å². The van der Waals surface area contributed by atoms with E-state index in [4.69, 9.17) is 15.3 Å². The molecule has 0 saturated heterocycles. The number of hydrogen-bond donors (Lipinski definition) is 1. The number of oxime groups is 1. The van der Waals surface area contributed by atoms with Crippen molar-refractivity contribution >= 4 is 24.1 Å². The Morgan fingerprint density at radius 3 is 2.61 bits per heavy atom. The van der Waals surface area contributed by atoms with Gasteiger partial charge in [-0.1, -0.05) is 49.3 Å². The smallest absolute Gasteiger partial charge is 0.353 e. The van der Waals surface area contributed by atoms with E-state index in [-0.39, 0.29) is 18.4 Å². The fourth-order valence-corrected chi connectivity index (χ4v) is 2.73. The minimum atomic E-state index is -1.10. The number of nitrogens with two attached hydrogens (primary N) is 1. The molecule has 1 aromatic rings. The quantitative estimate of drug-likeness (QED) is 0.808. The van der Waals surface area contributed by atoms with E-state index in [0.29, 0.717) is 18.8 Å². The van der Waals surface area contributed by atoms with Gasteiger partial charge in [0.25, 0.3) is 0 Å². The summed E-state index contributed by atoms with van der Waals surface area (Å²) in [5.74, 6) is 0.0480. The molecule has 128 valence electrons. The first-order valence-electron chi connectivity index (χ1n) is 7.59. The molecule has 0 fully saturated rings. The van der Waals surface area contributed by atoms with Gasteiger partial charge >= 0.3 is 5.97 Å². The van der Waals surface area contributed by atoms with Crippen LogP contribution in [0.5, 0.6) is 0 Å². The van der Waals surface area contributed by atoms with Crippen LogP contribution in [0.15, 0.2) is 35.5 Å². The van der Waals surface area contributed by atoms with Gasteiger partial charge < -0.3 is 15.3 Å². The van der Waals surface area contributed by atoms with E-state index in [1.165, 1.54) is 7.11 Å². The molecule has 6 heteroatoms. The molecule has 2 atom stereocenters. The summed E-state index contributed by atoms with van der Waals surface area (Å²) in [6, 6.07) is 9.52. The van der Waals surface area contributed by atoms with Crippen LogP contribution in [0.1, 0.15) is 32.3 Å². The van der Waals surface area contributed by atoms with Gasteiger partial charge in [0, 0.05) is 18.9 Å². The van der Waals surface area contributed by atoms with E-state index < -0.39 is 11.6 Å². The second kappa shape index (κ2) is 8.31. The molecule has 2 N–H and O–H groups in total. The molecule has 0 bridgehead atoms. The van der Waals surface area contributed by atoms with Crippen molar-refractivity contribution in [3.05, 3.63) is 35.9 Å². The molecule has 1 aliphatic rings. The maximum Gasteiger partial charge on any atom is 0.353 e. The van der Waals surface area contributed by atoms with Gasteiger partial charge in [0.2, 0.25) is 5.60 Å². The molecule has 1 heterocycles. The van der Waals surface area contributed by atoms with Crippen LogP contribution >= 0.6 is 12.4 Å². The molecule has 0 radical (unpaired) electrons. The molecular weight excluding hydrogens is 316 g/mol. The minimum absolute atomic E-state index is 0. The van der Waals surface area contributed by atoms with Gasteiger partial charge in [0.1, 0.15) is 0 Å². The zero-order valence-electron chi connectivity index (χ0n) is 13.8. The van der Waals surface area contributed by atoms with Gasteiger partial charge in [0.15, 0.2) is 0 Å². The predicted molar refractivity (Wildman–Crippen MR) is 92.7 cm³/mol. The first kappa shape index (κ1) is 19.5. The van der Waals surface area contributed by atoms with Crippen molar-refractivity contribution in [2.24, 2.45) is 16.8 Å². The molecule has 0 spiro atoms. The van der Waals surface area contributed by atoms with E-state index >= 15 is 0 Å². The summed E-state index contributed by atoms with van der Waals surface area (Å²) in [7, 11) is 1.37. The van der Waals surface area contributed by atoms with Crippen molar-refractivity contribution in [1.82, 2.24) is 0 Å². The highest BCUT2D eigenvalue weighted by atomic mass is 35.5. The number of carbonyl (C=O) groups excluding carboxylic acids is 1. The molecule has 0 saturated carbocycles. The summed E-state index contributed by atoms with van der Waals surface area (Å²) in [5.41, 5.74) is 6.81. The number of esters is 1. The zero-order valence-corrected chi connectivity index (χ0v) is 14.6. The van der Waals surface area contributed by atoms with Crippen LogP contribution < -0.4 is 5.73 Å². The highest BCUT2D eigenvalue weighted by Gasteiger charge is 2.48. The number of methoxy groups -OCH3 is 1. The Morgan fingerprint density at radius 2 is 2.04 bits per heavy atom. The topological polar surface area (TPSA) is 73.9 Å². The Hall–Kier alpha value is -1.59. The second-order valence-corrected chi connectivity index (χ2v) is 6.23. The molecule has 2 rings (SSSR count). The standard InChI is InChI=1S/C17H24N2O3.ClH/c1-12(2)9-14(18)15-11-17(22-19-15,16(20)21-3)10-13-7-5-4-6-8-13;/h4-8,12,14H,9-11,18H2,1-3H3;1H. The number of rotatable bonds is 6. The Kier molecular flexibility index (Phi) is 7.03. The average molecular weight is 341 g/mol. The lowest BCUT2D eigenvalue weighted by atomic mass is 9.86. The number of benzene rings is 1. The normalized spacial score (nSPS) is 21.2. The van der Waals surface area contributed by atoms with Crippen molar-refractivity contribution in [3.8, 4) is 0 Å². The molecule has 23 heavy (non-hydrogen) atoms. The fraction of sp³-hybridized carbons (Fsp3) is 0.529. The van der Waals surface area contributed by atoms with Gasteiger partial charge in [-0.3, -0.25) is 0 Å². The van der Waals surface area contributed by atoms with Crippen LogP contribution in [0.2, 0.25) is 0 Å². The lowest BCUT2D eigenvalue weighted by Crippen LogP contribution is -2.44. The van der Waals surface area contributed by atoms with Crippen molar-refractivity contribution < 1.29 is 14.4 Å². The van der Waals surface area contributed by atoms with Crippen molar-refractivity contribution in [3.63, 3.8) is 0 Å². The lowest BCUT2D eigenvalue weighted by Gasteiger charge is -2.24. The van der Waals surface area contributed by atoms with E-state index in [2.05, 4.69) is 19.0 Å². The second-order valence-electron chi connectivity index (χ2n) is 6.23. The highest BCUT2D eigenvalue weighted by molar-refractivity contribution is 5.96. The summed E-state index contributed by atoms with van der Waals surface area (Å²) in [5, 5.41) is 4.10. The van der Waals surface area contributed by atoms with Crippen LogP contribution in [-0.2, 0) is 20.8 Å². The summed E-state index contributed by atoms with van der Waals surface area (Å²) in [4.78, 5) is 17.8. The summed E-state index contributed by atoms with van der Waals surface area (Å²) in [6.07, 6.45) is 1.61. The number of carbonyl (C=O) groups is 1. The molecule has 0 aromatic heterocycles. The maximum absolute atomic E-state index is 12.3. The van der Waals surface area contributed by atoms with Gasteiger partial charge in [-0.25, -0.2) is 4.79 Å². The van der Waals surface area contributed by atoms with E-state index in [0.717, 1.165) is 17.7 Å². The molecule has 0 aliphatic carbocycles. The maximum atomic E-state index is 12.3. The monoisotopic (exact) mass is 340 g/mol. The summed E-state index contributed by atoms with van der Waals surface area (Å²) >= 11 is 0. The van der Waals surface area contributed by atoms with E-state index in [1.807, 2.05) is 30.3 Å². The molecule has 1 aliphatic heterocycles. The Morgan fingerprint density at radius 1 is 1.39 bits per heavy atom. The largest absolute Gasteiger partial charge is 0.466 e. The molecule has 2 unspecified atom stereocenters.